The summed E-state index contributed by atoms with van der Waals surface area (Å²) in [5, 5.41) is 0. The number of halogens is 2. The van der Waals surface area contributed by atoms with Gasteiger partial charge in [-0.05, 0) is 56.5 Å². The predicted octanol–water partition coefficient (Wildman–Crippen LogP) is 5.26. The lowest BCUT2D eigenvalue weighted by Crippen LogP contribution is -2.16. The Kier molecular flexibility index (Phi) is 11.2. The number of carbonyl (C=O) groups is 1. The molecule has 0 fully saturated rings. The van der Waals surface area contributed by atoms with Crippen LogP contribution < -0.4 is 4.74 Å². The quantitative estimate of drug-likeness (QED) is 0.106. The first-order chi connectivity index (χ1) is 16.6. The van der Waals surface area contributed by atoms with Gasteiger partial charge in [0.05, 0.1) is 48.5 Å². The van der Waals surface area contributed by atoms with Crippen molar-refractivity contribution in [1.82, 2.24) is 9.97 Å². The van der Waals surface area contributed by atoms with E-state index < -0.39 is 6.16 Å². The minimum absolute atomic E-state index is 0.0564. The van der Waals surface area contributed by atoms with Gasteiger partial charge < -0.3 is 28.4 Å². The summed E-state index contributed by atoms with van der Waals surface area (Å²) in [6, 6.07) is 9.34. The number of hydrogen-bond donors (Lipinski definition) is 0. The van der Waals surface area contributed by atoms with Crippen LogP contribution in [0.2, 0.25) is 0 Å². The molecule has 0 unspecified atom stereocenters. The molecule has 0 atom stereocenters. The van der Waals surface area contributed by atoms with Gasteiger partial charge in [0.25, 0.3) is 0 Å². The lowest BCUT2D eigenvalue weighted by molar-refractivity contribution is -0.0182. The molecule has 0 radical (unpaired) electrons. The van der Waals surface area contributed by atoms with Crippen molar-refractivity contribution < 1.29 is 33.2 Å². The summed E-state index contributed by atoms with van der Waals surface area (Å²) in [6.07, 6.45) is 0.129. The molecule has 0 aliphatic heterocycles. The van der Waals surface area contributed by atoms with Crippen molar-refractivity contribution in [3.63, 3.8) is 0 Å². The van der Waals surface area contributed by atoms with E-state index >= 15 is 0 Å². The molecule has 184 valence electrons. The molecule has 11 heteroatoms. The molecule has 0 bridgehead atoms. The van der Waals surface area contributed by atoms with Gasteiger partial charge in [0.15, 0.2) is 5.75 Å². The minimum Gasteiger partial charge on any atom is -0.454 e. The Morgan fingerprint density at radius 3 is 2.03 bits per heavy atom. The van der Waals surface area contributed by atoms with E-state index in [9.17, 15) is 4.79 Å². The monoisotopic (exact) mass is 600 g/mol. The molecule has 9 nitrogen and oxygen atoms in total. The Hall–Kier alpha value is -2.05. The molecule has 0 saturated carbocycles. The second-order valence-corrected chi connectivity index (χ2v) is 8.63. The van der Waals surface area contributed by atoms with Crippen LogP contribution in [0.15, 0.2) is 39.3 Å². The van der Waals surface area contributed by atoms with Gasteiger partial charge in [-0.25, -0.2) is 14.8 Å². The van der Waals surface area contributed by atoms with Crippen LogP contribution in [0.1, 0.15) is 13.3 Å². The van der Waals surface area contributed by atoms with Gasteiger partial charge in [-0.1, -0.05) is 19.1 Å². The number of benzene rings is 2. The molecule has 0 aliphatic carbocycles. The summed E-state index contributed by atoms with van der Waals surface area (Å²) in [4.78, 5) is 21.1. The van der Waals surface area contributed by atoms with E-state index in [0.717, 1.165) is 28.5 Å². The molecule has 34 heavy (non-hydrogen) atoms. The molecule has 3 rings (SSSR count). The third kappa shape index (κ3) is 8.02. The highest BCUT2D eigenvalue weighted by molar-refractivity contribution is 9.11. The van der Waals surface area contributed by atoms with Gasteiger partial charge in [-0.2, -0.15) is 0 Å². The molecular weight excluding hydrogens is 576 g/mol. The van der Waals surface area contributed by atoms with Crippen LogP contribution in [0.25, 0.3) is 22.1 Å². The Morgan fingerprint density at radius 1 is 0.794 bits per heavy atom. The fourth-order valence-corrected chi connectivity index (χ4v) is 4.21. The van der Waals surface area contributed by atoms with Crippen molar-refractivity contribution in [3.05, 3.63) is 39.3 Å². The summed E-state index contributed by atoms with van der Waals surface area (Å²) >= 11 is 6.97. The maximum absolute atomic E-state index is 11.8. The first-order valence-corrected chi connectivity index (χ1v) is 12.4. The van der Waals surface area contributed by atoms with Crippen molar-refractivity contribution in [1.29, 1.82) is 0 Å². The third-order valence-corrected chi connectivity index (χ3v) is 5.60. The van der Waals surface area contributed by atoms with Gasteiger partial charge in [0.1, 0.15) is 17.6 Å². The molecule has 1 heterocycles. The topological polar surface area (TPSA) is 98.2 Å². The van der Waals surface area contributed by atoms with Gasteiger partial charge in [-0.15, -0.1) is 0 Å². The fourth-order valence-electron chi connectivity index (χ4n) is 2.87. The van der Waals surface area contributed by atoms with Gasteiger partial charge in [0.2, 0.25) is 6.79 Å². The van der Waals surface area contributed by atoms with E-state index in [2.05, 4.69) is 48.8 Å². The fraction of sp³-hybridized carbons (Fsp3) is 0.435. The maximum atomic E-state index is 11.8. The summed E-state index contributed by atoms with van der Waals surface area (Å²) in [7, 11) is 0. The lowest BCUT2D eigenvalue weighted by atomic mass is 10.2. The highest BCUT2D eigenvalue weighted by atomic mass is 79.9. The molecule has 3 aromatic rings. The molecular formula is C23H26Br2N2O7. The molecule has 0 N–H and O–H groups in total. The van der Waals surface area contributed by atoms with Gasteiger partial charge in [0, 0.05) is 11.1 Å². The number of carbonyl (C=O) groups excluding carboxylic acids is 1. The van der Waals surface area contributed by atoms with Crippen LogP contribution in [0.4, 0.5) is 4.79 Å². The second-order valence-electron chi connectivity index (χ2n) is 6.92. The first kappa shape index (κ1) is 26.6. The largest absolute Gasteiger partial charge is 0.511 e. The van der Waals surface area contributed by atoms with Crippen LogP contribution >= 0.6 is 31.9 Å². The van der Waals surface area contributed by atoms with E-state index in [1.807, 2.05) is 24.3 Å². The zero-order valence-corrected chi connectivity index (χ0v) is 21.9. The van der Waals surface area contributed by atoms with Crippen LogP contribution in [-0.2, 0) is 23.7 Å². The van der Waals surface area contributed by atoms with E-state index in [1.54, 1.807) is 6.07 Å². The van der Waals surface area contributed by atoms with E-state index in [4.69, 9.17) is 28.4 Å². The van der Waals surface area contributed by atoms with Crippen LogP contribution in [0.3, 0.4) is 0 Å². The molecule has 2 aromatic carbocycles. The Bertz CT molecular complexity index is 1080. The van der Waals surface area contributed by atoms with Crippen LogP contribution in [0, 0.1) is 0 Å². The lowest BCUT2D eigenvalue weighted by Gasteiger charge is -2.13. The number of para-hydroxylation sites is 2. The molecule has 0 aliphatic rings. The molecule has 1 aromatic heterocycles. The van der Waals surface area contributed by atoms with Crippen LogP contribution in [-0.4, -0.2) is 69.2 Å². The van der Waals surface area contributed by atoms with Crippen molar-refractivity contribution in [2.45, 2.75) is 13.3 Å². The summed E-state index contributed by atoms with van der Waals surface area (Å²) in [5.41, 5.74) is 2.65. The summed E-state index contributed by atoms with van der Waals surface area (Å²) < 4.78 is 33.1. The smallest absolute Gasteiger partial charge is 0.454 e. The highest BCUT2D eigenvalue weighted by Crippen LogP contribution is 2.37. The molecule has 0 spiro atoms. The number of nitrogens with zero attached hydrogens (tertiary/aromatic N) is 2. The van der Waals surface area contributed by atoms with Gasteiger partial charge >= 0.3 is 6.16 Å². The molecule has 0 amide bonds. The zero-order valence-electron chi connectivity index (χ0n) is 18.8. The average Bonchev–Trinajstić information content (AvgIpc) is 2.83. The predicted molar refractivity (Wildman–Crippen MR) is 133 cm³/mol. The van der Waals surface area contributed by atoms with Crippen molar-refractivity contribution in [2.24, 2.45) is 0 Å². The van der Waals surface area contributed by atoms with Crippen molar-refractivity contribution in [3.8, 4) is 5.75 Å². The normalized spacial score (nSPS) is 11.1. The number of fused-ring (bicyclic) bond motifs is 2. The van der Waals surface area contributed by atoms with E-state index in [1.165, 1.54) is 0 Å². The Morgan fingerprint density at radius 2 is 1.38 bits per heavy atom. The summed E-state index contributed by atoms with van der Waals surface area (Å²) in [6.45, 7) is 4.67. The van der Waals surface area contributed by atoms with E-state index in [-0.39, 0.29) is 20.0 Å². The molecule has 0 saturated heterocycles. The average molecular weight is 602 g/mol. The number of ether oxygens (including phenoxy) is 6. The standard InChI is InChI=1S/C23H26Br2N2O7/c1-2-7-29-8-9-30-10-11-31-12-13-32-23(28)34-15-33-22-17(25)14-16(24)20-21(22)27-19-6-4-3-5-18(19)26-20/h3-6,14H,2,7-13,15H2,1H3. The van der Waals surface area contributed by atoms with Crippen molar-refractivity contribution in [2.75, 3.05) is 53.0 Å². The van der Waals surface area contributed by atoms with Crippen LogP contribution in [0.5, 0.6) is 5.75 Å². The highest BCUT2D eigenvalue weighted by Gasteiger charge is 2.16. The SMILES string of the molecule is CCCOCCOCCOCCOC(=O)OCOc1c(Br)cc(Br)c2nc3ccccc3nc12. The third-order valence-electron chi connectivity index (χ3n) is 4.40. The maximum Gasteiger partial charge on any atom is 0.511 e. The zero-order chi connectivity index (χ0) is 24.2. The Balaban J connectivity index is 1.38. The second kappa shape index (κ2) is 14.4. The first-order valence-electron chi connectivity index (χ1n) is 10.8. The number of aromatic nitrogens is 2. The number of rotatable bonds is 14. The summed E-state index contributed by atoms with van der Waals surface area (Å²) in [5.74, 6) is 0.410. The van der Waals surface area contributed by atoms with Gasteiger partial charge in [-0.3, -0.25) is 0 Å². The van der Waals surface area contributed by atoms with E-state index in [0.29, 0.717) is 47.7 Å². The Labute approximate surface area is 214 Å². The van der Waals surface area contributed by atoms with Crippen molar-refractivity contribution >= 4 is 60.1 Å². The number of hydrogen-bond acceptors (Lipinski definition) is 9. The minimum atomic E-state index is -0.859.